The molecule has 0 saturated carbocycles. The Morgan fingerprint density at radius 2 is 2.03 bits per heavy atom. The van der Waals surface area contributed by atoms with E-state index in [2.05, 4.69) is 20.7 Å². The Labute approximate surface area is 165 Å². The van der Waals surface area contributed by atoms with E-state index < -0.39 is 17.9 Å². The number of hydrogen-bond acceptors (Lipinski definition) is 6. The lowest BCUT2D eigenvalue weighted by Crippen LogP contribution is -2.25. The van der Waals surface area contributed by atoms with Gasteiger partial charge in [-0.25, -0.2) is 9.48 Å². The second kappa shape index (κ2) is 7.47. The average Bonchev–Trinajstić information content (AvgIpc) is 3.18. The van der Waals surface area contributed by atoms with Crippen LogP contribution in [0.4, 0.5) is 11.5 Å². The number of fused-ring (bicyclic) bond motifs is 1. The molecule has 1 amide bonds. The molecule has 3 aromatic rings. The molecule has 1 aliphatic heterocycles. The van der Waals surface area contributed by atoms with Crippen molar-refractivity contribution in [3.8, 4) is 5.75 Å². The number of aromatic nitrogens is 3. The van der Waals surface area contributed by atoms with E-state index in [1.165, 1.54) is 19.4 Å². The predicted molar refractivity (Wildman–Crippen MR) is 105 cm³/mol. The number of methoxy groups -OCH3 is 1. The van der Waals surface area contributed by atoms with E-state index in [-0.39, 0.29) is 17.1 Å². The number of anilines is 2. The number of para-hydroxylation sites is 2. The van der Waals surface area contributed by atoms with Crippen LogP contribution in [0, 0.1) is 0 Å². The van der Waals surface area contributed by atoms with Gasteiger partial charge >= 0.3 is 5.97 Å². The molecule has 9 nitrogen and oxygen atoms in total. The van der Waals surface area contributed by atoms with Gasteiger partial charge in [0.05, 0.1) is 19.0 Å². The monoisotopic (exact) mass is 391 g/mol. The third kappa shape index (κ3) is 3.41. The number of pyridine rings is 1. The number of hydrogen-bond donors (Lipinski definition) is 3. The van der Waals surface area contributed by atoms with Crippen molar-refractivity contribution in [1.29, 1.82) is 0 Å². The second-order valence-corrected chi connectivity index (χ2v) is 6.25. The number of nitrogens with zero attached hydrogens (tertiary/aromatic N) is 3. The van der Waals surface area contributed by atoms with Gasteiger partial charge in [0.2, 0.25) is 0 Å². The van der Waals surface area contributed by atoms with Crippen molar-refractivity contribution in [1.82, 2.24) is 14.8 Å². The molecule has 9 heteroatoms. The molecular formula is C20H17N5O4. The summed E-state index contributed by atoms with van der Waals surface area (Å²) in [5.74, 6) is -0.789. The molecule has 4 rings (SSSR count). The van der Waals surface area contributed by atoms with E-state index in [1.807, 2.05) is 6.07 Å². The fraction of sp³-hybridized carbons (Fsp3) is 0.100. The first-order chi connectivity index (χ1) is 14.1. The van der Waals surface area contributed by atoms with Crippen LogP contribution in [0.1, 0.15) is 22.0 Å². The van der Waals surface area contributed by atoms with Crippen molar-refractivity contribution in [3.63, 3.8) is 0 Å². The topological polar surface area (TPSA) is 118 Å². The van der Waals surface area contributed by atoms with Crippen molar-refractivity contribution in [3.05, 3.63) is 77.9 Å². The maximum atomic E-state index is 12.9. The molecule has 0 aliphatic carbocycles. The number of rotatable bonds is 5. The third-order valence-electron chi connectivity index (χ3n) is 4.49. The smallest absolute Gasteiger partial charge is 0.352 e. The first-order valence-corrected chi connectivity index (χ1v) is 8.72. The third-order valence-corrected chi connectivity index (χ3v) is 4.49. The Kier molecular flexibility index (Phi) is 4.70. The van der Waals surface area contributed by atoms with Gasteiger partial charge in [0.15, 0.2) is 0 Å². The number of carbonyl (C=O) groups excluding carboxylic acids is 1. The summed E-state index contributed by atoms with van der Waals surface area (Å²) in [4.78, 5) is 28.6. The van der Waals surface area contributed by atoms with Gasteiger partial charge < -0.3 is 20.5 Å². The summed E-state index contributed by atoms with van der Waals surface area (Å²) in [6, 6.07) is 10.1. The number of benzene rings is 1. The van der Waals surface area contributed by atoms with Gasteiger partial charge in [-0.2, -0.15) is 5.10 Å². The summed E-state index contributed by atoms with van der Waals surface area (Å²) in [6.07, 6.45) is 6.19. The van der Waals surface area contributed by atoms with E-state index in [0.29, 0.717) is 11.4 Å². The SMILES string of the molecule is COc1ccccc1NC(=O)c1cnn2c1NC(C(=O)O)=C[C@H]2c1cccnc1. The van der Waals surface area contributed by atoms with E-state index in [0.717, 1.165) is 5.56 Å². The maximum Gasteiger partial charge on any atom is 0.352 e. The van der Waals surface area contributed by atoms with Gasteiger partial charge in [0, 0.05) is 12.4 Å². The largest absolute Gasteiger partial charge is 0.495 e. The Morgan fingerprint density at radius 3 is 2.76 bits per heavy atom. The molecule has 0 spiro atoms. The van der Waals surface area contributed by atoms with Gasteiger partial charge in [-0.15, -0.1) is 0 Å². The molecule has 0 radical (unpaired) electrons. The molecule has 0 bridgehead atoms. The number of carbonyl (C=O) groups is 2. The number of ether oxygens (including phenoxy) is 1. The minimum Gasteiger partial charge on any atom is -0.495 e. The number of nitrogens with one attached hydrogen (secondary N) is 2. The molecule has 29 heavy (non-hydrogen) atoms. The molecule has 1 atom stereocenters. The van der Waals surface area contributed by atoms with Crippen LogP contribution in [0.3, 0.4) is 0 Å². The fourth-order valence-electron chi connectivity index (χ4n) is 3.11. The summed E-state index contributed by atoms with van der Waals surface area (Å²) in [6.45, 7) is 0. The van der Waals surface area contributed by atoms with Crippen LogP contribution >= 0.6 is 0 Å². The Morgan fingerprint density at radius 1 is 1.21 bits per heavy atom. The lowest BCUT2D eigenvalue weighted by Gasteiger charge is -2.24. The van der Waals surface area contributed by atoms with E-state index in [9.17, 15) is 14.7 Å². The van der Waals surface area contributed by atoms with E-state index >= 15 is 0 Å². The average molecular weight is 391 g/mol. The second-order valence-electron chi connectivity index (χ2n) is 6.25. The highest BCUT2D eigenvalue weighted by Gasteiger charge is 2.29. The highest BCUT2D eigenvalue weighted by molar-refractivity contribution is 6.09. The predicted octanol–water partition coefficient (Wildman–Crippen LogP) is 2.52. The van der Waals surface area contributed by atoms with E-state index in [1.54, 1.807) is 47.4 Å². The summed E-state index contributed by atoms with van der Waals surface area (Å²) in [5.41, 5.74) is 1.40. The van der Waals surface area contributed by atoms with Crippen LogP contribution in [0.15, 0.2) is 66.8 Å². The van der Waals surface area contributed by atoms with Gasteiger partial charge in [-0.05, 0) is 29.8 Å². The summed E-state index contributed by atoms with van der Waals surface area (Å²) >= 11 is 0. The number of allylic oxidation sites excluding steroid dienone is 1. The number of carboxylic acids is 1. The van der Waals surface area contributed by atoms with Gasteiger partial charge in [0.1, 0.15) is 28.9 Å². The highest BCUT2D eigenvalue weighted by Crippen LogP contribution is 2.32. The Hall–Kier alpha value is -4.14. The van der Waals surface area contributed by atoms with Gasteiger partial charge in [-0.1, -0.05) is 18.2 Å². The van der Waals surface area contributed by atoms with Crippen molar-refractivity contribution in [2.75, 3.05) is 17.7 Å². The number of aliphatic carboxylic acids is 1. The molecule has 1 aromatic carbocycles. The van der Waals surface area contributed by atoms with Crippen LogP contribution in [-0.2, 0) is 4.79 Å². The van der Waals surface area contributed by atoms with Gasteiger partial charge in [0.25, 0.3) is 5.91 Å². The fourth-order valence-corrected chi connectivity index (χ4v) is 3.11. The lowest BCUT2D eigenvalue weighted by molar-refractivity contribution is -0.132. The first kappa shape index (κ1) is 18.2. The number of carboxylic acid groups (broad SMARTS) is 1. The molecule has 1 aliphatic rings. The highest BCUT2D eigenvalue weighted by atomic mass is 16.5. The zero-order chi connectivity index (χ0) is 20.4. The lowest BCUT2D eigenvalue weighted by atomic mass is 10.1. The first-order valence-electron chi connectivity index (χ1n) is 8.72. The molecule has 3 heterocycles. The molecular weight excluding hydrogens is 374 g/mol. The summed E-state index contributed by atoms with van der Waals surface area (Å²) < 4.78 is 6.81. The minimum absolute atomic E-state index is 0.0433. The molecule has 0 unspecified atom stereocenters. The van der Waals surface area contributed by atoms with E-state index in [4.69, 9.17) is 4.74 Å². The minimum atomic E-state index is -1.14. The van der Waals surface area contributed by atoms with Crippen LogP contribution in [0.5, 0.6) is 5.75 Å². The van der Waals surface area contributed by atoms with Crippen molar-refractivity contribution in [2.24, 2.45) is 0 Å². The molecule has 2 aromatic heterocycles. The number of amides is 1. The molecule has 0 fully saturated rings. The zero-order valence-electron chi connectivity index (χ0n) is 15.4. The molecule has 3 N–H and O–H groups in total. The standard InChI is InChI=1S/C20H17N5O4/c1-29-17-7-3-2-6-14(17)24-19(26)13-11-22-25-16(12-5-4-8-21-10-12)9-15(20(27)28)23-18(13)25/h2-11,16,23H,1H3,(H,24,26)(H,27,28)/t16-/m0/s1. The molecule has 146 valence electrons. The maximum absolute atomic E-state index is 12.9. The normalized spacial score (nSPS) is 14.9. The van der Waals surface area contributed by atoms with Crippen LogP contribution in [-0.4, -0.2) is 38.9 Å². The quantitative estimate of drug-likeness (QED) is 0.611. The molecule has 0 saturated heterocycles. The Bertz CT molecular complexity index is 1110. The van der Waals surface area contributed by atoms with Crippen LogP contribution in [0.25, 0.3) is 0 Å². The summed E-state index contributed by atoms with van der Waals surface area (Å²) in [7, 11) is 1.51. The van der Waals surface area contributed by atoms with Crippen molar-refractivity contribution in [2.45, 2.75) is 6.04 Å². The van der Waals surface area contributed by atoms with Crippen molar-refractivity contribution >= 4 is 23.4 Å². The van der Waals surface area contributed by atoms with Crippen molar-refractivity contribution < 1.29 is 19.4 Å². The van der Waals surface area contributed by atoms with Gasteiger partial charge in [-0.3, -0.25) is 9.78 Å². The summed E-state index contributed by atoms with van der Waals surface area (Å²) in [5, 5.41) is 19.4. The Balaban J connectivity index is 1.72. The zero-order valence-corrected chi connectivity index (χ0v) is 15.4. The van der Waals surface area contributed by atoms with Crippen LogP contribution in [0.2, 0.25) is 0 Å². The van der Waals surface area contributed by atoms with Crippen LogP contribution < -0.4 is 15.4 Å².